The topological polar surface area (TPSA) is 53.2 Å². The zero-order valence-electron chi connectivity index (χ0n) is 14.8. The van der Waals surface area contributed by atoms with E-state index >= 15 is 0 Å². The predicted octanol–water partition coefficient (Wildman–Crippen LogP) is 3.77. The Kier molecular flexibility index (Phi) is 5.11. The number of anilines is 1. The summed E-state index contributed by atoms with van der Waals surface area (Å²) < 4.78 is 5.95. The summed E-state index contributed by atoms with van der Waals surface area (Å²) in [5, 5.41) is 12.6. The molecule has 0 bridgehead atoms. The van der Waals surface area contributed by atoms with Crippen molar-refractivity contribution in [1.29, 1.82) is 0 Å². The maximum Gasteiger partial charge on any atom is 0.0875 e. The van der Waals surface area contributed by atoms with Gasteiger partial charge in [0.15, 0.2) is 0 Å². The Morgan fingerprint density at radius 2 is 2.15 bits per heavy atom. The van der Waals surface area contributed by atoms with Crippen LogP contribution in [0.3, 0.4) is 0 Å². The molecule has 6 heteroatoms. The van der Waals surface area contributed by atoms with Gasteiger partial charge in [-0.05, 0) is 42.8 Å². The minimum atomic E-state index is 0.165. The Labute approximate surface area is 158 Å². The Balaban J connectivity index is 1.35. The molecule has 0 spiro atoms. The van der Waals surface area contributed by atoms with Gasteiger partial charge in [0.25, 0.3) is 0 Å². The van der Waals surface area contributed by atoms with Crippen LogP contribution in [0.2, 0.25) is 5.02 Å². The van der Waals surface area contributed by atoms with Crippen LogP contribution in [-0.2, 0) is 4.74 Å². The highest BCUT2D eigenvalue weighted by Gasteiger charge is 2.21. The molecule has 4 rings (SSSR count). The molecule has 5 nitrogen and oxygen atoms in total. The molecule has 2 atom stereocenters. The number of nitrogens with zero attached hydrogens (tertiary/aromatic N) is 2. The van der Waals surface area contributed by atoms with Gasteiger partial charge < -0.3 is 15.0 Å². The highest BCUT2D eigenvalue weighted by Crippen LogP contribution is 2.21. The number of ether oxygens (including phenoxy) is 1. The lowest BCUT2D eigenvalue weighted by molar-refractivity contribution is 0.0394. The third-order valence-corrected chi connectivity index (χ3v) is 5.20. The fourth-order valence-corrected chi connectivity index (χ4v) is 3.51. The van der Waals surface area contributed by atoms with E-state index in [1.54, 1.807) is 0 Å². The van der Waals surface area contributed by atoms with E-state index in [9.17, 15) is 0 Å². The molecule has 0 aliphatic carbocycles. The summed E-state index contributed by atoms with van der Waals surface area (Å²) >= 11 is 5.99. The lowest BCUT2D eigenvalue weighted by atomic mass is 10.1. The molecule has 2 aromatic carbocycles. The number of aromatic amines is 1. The van der Waals surface area contributed by atoms with Gasteiger partial charge in [0.05, 0.1) is 24.4 Å². The van der Waals surface area contributed by atoms with E-state index in [1.165, 1.54) is 11.3 Å². The van der Waals surface area contributed by atoms with Crippen molar-refractivity contribution in [3.63, 3.8) is 0 Å². The second-order valence-corrected chi connectivity index (χ2v) is 7.20. The molecule has 1 aromatic heterocycles. The molecule has 1 fully saturated rings. The molecular formula is C20H23ClN4O. The molecule has 1 aliphatic heterocycles. The number of halogens is 1. The molecular weight excluding hydrogens is 348 g/mol. The van der Waals surface area contributed by atoms with Crippen LogP contribution in [0.15, 0.2) is 48.7 Å². The number of fused-ring (bicyclic) bond motifs is 1. The second-order valence-electron chi connectivity index (χ2n) is 6.76. The number of rotatable bonds is 5. The molecule has 1 saturated heterocycles. The van der Waals surface area contributed by atoms with Crippen molar-refractivity contribution in [2.45, 2.75) is 19.1 Å². The van der Waals surface area contributed by atoms with E-state index in [0.29, 0.717) is 0 Å². The molecule has 0 saturated carbocycles. The number of H-pyrrole nitrogens is 1. The average molecular weight is 371 g/mol. The minimum absolute atomic E-state index is 0.165. The average Bonchev–Trinajstić information content (AvgIpc) is 3.15. The monoisotopic (exact) mass is 370 g/mol. The van der Waals surface area contributed by atoms with E-state index in [4.69, 9.17) is 16.3 Å². The van der Waals surface area contributed by atoms with Crippen LogP contribution in [0.5, 0.6) is 0 Å². The summed E-state index contributed by atoms with van der Waals surface area (Å²) in [4.78, 5) is 2.35. The SMILES string of the molecule is CC(NCC1CN(c2ccc(Cl)cc2)CCO1)c1ccc2cn[nH]c2c1. The molecule has 0 amide bonds. The highest BCUT2D eigenvalue weighted by atomic mass is 35.5. The van der Waals surface area contributed by atoms with Gasteiger partial charge >= 0.3 is 0 Å². The smallest absolute Gasteiger partial charge is 0.0875 e. The van der Waals surface area contributed by atoms with Gasteiger partial charge in [0, 0.05) is 41.8 Å². The number of benzene rings is 2. The van der Waals surface area contributed by atoms with Crippen molar-refractivity contribution in [1.82, 2.24) is 15.5 Å². The van der Waals surface area contributed by atoms with Crippen LogP contribution >= 0.6 is 11.6 Å². The summed E-state index contributed by atoms with van der Waals surface area (Å²) in [6, 6.07) is 14.7. The Morgan fingerprint density at radius 1 is 1.31 bits per heavy atom. The summed E-state index contributed by atoms with van der Waals surface area (Å²) in [7, 11) is 0. The quantitative estimate of drug-likeness (QED) is 0.717. The van der Waals surface area contributed by atoms with Gasteiger partial charge in [-0.25, -0.2) is 0 Å². The van der Waals surface area contributed by atoms with Gasteiger partial charge in [-0.1, -0.05) is 23.7 Å². The van der Waals surface area contributed by atoms with Crippen molar-refractivity contribution >= 4 is 28.2 Å². The predicted molar refractivity (Wildman–Crippen MR) is 106 cm³/mol. The maximum absolute atomic E-state index is 5.99. The first-order chi connectivity index (χ1) is 12.7. The first-order valence-electron chi connectivity index (χ1n) is 8.97. The van der Waals surface area contributed by atoms with Crippen molar-refractivity contribution in [2.24, 2.45) is 0 Å². The van der Waals surface area contributed by atoms with Gasteiger partial charge in [-0.15, -0.1) is 0 Å². The second kappa shape index (κ2) is 7.66. The fraction of sp³-hybridized carbons (Fsp3) is 0.350. The van der Waals surface area contributed by atoms with E-state index in [-0.39, 0.29) is 12.1 Å². The number of hydrogen-bond acceptors (Lipinski definition) is 4. The van der Waals surface area contributed by atoms with Gasteiger partial charge in [0.1, 0.15) is 0 Å². The standard InChI is InChI=1S/C20H23ClN4O/c1-14(15-2-3-16-11-23-24-20(16)10-15)22-12-19-13-25(8-9-26-19)18-6-4-17(21)5-7-18/h2-7,10-11,14,19,22H,8-9,12-13H2,1H3,(H,23,24). The van der Waals surface area contributed by atoms with Crippen LogP contribution in [0.1, 0.15) is 18.5 Å². The molecule has 26 heavy (non-hydrogen) atoms. The van der Waals surface area contributed by atoms with E-state index < -0.39 is 0 Å². The first kappa shape index (κ1) is 17.3. The third-order valence-electron chi connectivity index (χ3n) is 4.95. The highest BCUT2D eigenvalue weighted by molar-refractivity contribution is 6.30. The molecule has 2 heterocycles. The zero-order valence-corrected chi connectivity index (χ0v) is 15.5. The van der Waals surface area contributed by atoms with Crippen molar-refractivity contribution in [3.8, 4) is 0 Å². The lowest BCUT2D eigenvalue weighted by Crippen LogP contribution is -2.47. The van der Waals surface area contributed by atoms with Gasteiger partial charge in [-0.2, -0.15) is 5.10 Å². The number of morpholine rings is 1. The Bertz CT molecular complexity index is 864. The van der Waals surface area contributed by atoms with Crippen molar-refractivity contribution < 1.29 is 4.74 Å². The molecule has 0 radical (unpaired) electrons. The maximum atomic E-state index is 5.99. The molecule has 2 unspecified atom stereocenters. The molecule has 2 N–H and O–H groups in total. The van der Waals surface area contributed by atoms with Crippen LogP contribution in [-0.4, -0.2) is 42.5 Å². The molecule has 1 aliphatic rings. The van der Waals surface area contributed by atoms with Gasteiger partial charge in [-0.3, -0.25) is 5.10 Å². The van der Waals surface area contributed by atoms with Gasteiger partial charge in [0.2, 0.25) is 0 Å². The van der Waals surface area contributed by atoms with E-state index in [1.807, 2.05) is 18.3 Å². The lowest BCUT2D eigenvalue weighted by Gasteiger charge is -2.35. The summed E-state index contributed by atoms with van der Waals surface area (Å²) in [5.41, 5.74) is 3.51. The fourth-order valence-electron chi connectivity index (χ4n) is 3.38. The van der Waals surface area contributed by atoms with E-state index in [0.717, 1.165) is 42.2 Å². The van der Waals surface area contributed by atoms with Crippen molar-refractivity contribution in [2.75, 3.05) is 31.1 Å². The van der Waals surface area contributed by atoms with Crippen molar-refractivity contribution in [3.05, 3.63) is 59.2 Å². The number of hydrogen-bond donors (Lipinski definition) is 2. The van der Waals surface area contributed by atoms with Crippen LogP contribution in [0.25, 0.3) is 10.9 Å². The third kappa shape index (κ3) is 3.85. The summed E-state index contributed by atoms with van der Waals surface area (Å²) in [5.74, 6) is 0. The Hall–Kier alpha value is -2.08. The summed E-state index contributed by atoms with van der Waals surface area (Å²) in [6.07, 6.45) is 2.01. The summed E-state index contributed by atoms with van der Waals surface area (Å²) in [6.45, 7) is 5.51. The largest absolute Gasteiger partial charge is 0.373 e. The molecule has 136 valence electrons. The van der Waals surface area contributed by atoms with E-state index in [2.05, 4.69) is 57.7 Å². The molecule has 3 aromatic rings. The zero-order chi connectivity index (χ0) is 17.9. The van der Waals surface area contributed by atoms with Crippen LogP contribution in [0, 0.1) is 0 Å². The Morgan fingerprint density at radius 3 is 3.00 bits per heavy atom. The number of aromatic nitrogens is 2. The van der Waals surface area contributed by atoms with Crippen LogP contribution < -0.4 is 10.2 Å². The number of nitrogens with one attached hydrogen (secondary N) is 2. The normalized spacial score (nSPS) is 19.0. The van der Waals surface area contributed by atoms with Crippen LogP contribution in [0.4, 0.5) is 5.69 Å². The minimum Gasteiger partial charge on any atom is -0.373 e. The first-order valence-corrected chi connectivity index (χ1v) is 9.35.